The second-order valence-corrected chi connectivity index (χ2v) is 2.86. The third-order valence-corrected chi connectivity index (χ3v) is 1.80. The van der Waals surface area contributed by atoms with Gasteiger partial charge in [-0.05, 0) is 31.4 Å². The van der Waals surface area contributed by atoms with Crippen molar-refractivity contribution in [2.75, 3.05) is 0 Å². The molecule has 0 aromatic rings. The van der Waals surface area contributed by atoms with Crippen LogP contribution in [0.2, 0.25) is 0 Å². The first-order chi connectivity index (χ1) is 4.74. The molecule has 0 aromatic carbocycles. The molecule has 0 bridgehead atoms. The highest BCUT2D eigenvalue weighted by atomic mass is 14.1. The summed E-state index contributed by atoms with van der Waals surface area (Å²) in [7, 11) is 0. The largest absolute Gasteiger partial charge is 0.0692 e. The maximum absolute atomic E-state index is 2.26. The molecule has 0 heterocycles. The minimum atomic E-state index is 1.15. The Labute approximate surface area is 62.9 Å². The SMILES string of the molecule is CCC1=CC(=C(C)C)C=C1. The molecule has 0 atom stereocenters. The first-order valence-electron chi connectivity index (χ1n) is 3.80. The molecule has 0 fully saturated rings. The van der Waals surface area contributed by atoms with E-state index in [1.807, 2.05) is 0 Å². The molecule has 0 nitrogen and oxygen atoms in total. The Morgan fingerprint density at radius 1 is 1.30 bits per heavy atom. The van der Waals surface area contributed by atoms with Gasteiger partial charge in [-0.25, -0.2) is 0 Å². The van der Waals surface area contributed by atoms with E-state index >= 15 is 0 Å². The Morgan fingerprint density at radius 3 is 2.30 bits per heavy atom. The lowest BCUT2D eigenvalue weighted by Crippen LogP contribution is -1.72. The van der Waals surface area contributed by atoms with E-state index in [1.165, 1.54) is 16.7 Å². The van der Waals surface area contributed by atoms with Gasteiger partial charge in [-0.3, -0.25) is 0 Å². The lowest BCUT2D eigenvalue weighted by Gasteiger charge is -1.92. The van der Waals surface area contributed by atoms with Crippen LogP contribution >= 0.6 is 0 Å². The highest BCUT2D eigenvalue weighted by Gasteiger charge is 1.99. The fourth-order valence-electron chi connectivity index (χ4n) is 1.02. The summed E-state index contributed by atoms with van der Waals surface area (Å²) >= 11 is 0. The van der Waals surface area contributed by atoms with Crippen LogP contribution in [0.4, 0.5) is 0 Å². The monoisotopic (exact) mass is 134 g/mol. The Kier molecular flexibility index (Phi) is 2.10. The summed E-state index contributed by atoms with van der Waals surface area (Å²) in [6.45, 7) is 6.48. The predicted octanol–water partition coefficient (Wildman–Crippen LogP) is 3.23. The van der Waals surface area contributed by atoms with Gasteiger partial charge in [0.25, 0.3) is 0 Å². The van der Waals surface area contributed by atoms with E-state index in [1.54, 1.807) is 0 Å². The lowest BCUT2D eigenvalue weighted by molar-refractivity contribution is 1.16. The maximum atomic E-state index is 2.26. The van der Waals surface area contributed by atoms with Crippen molar-refractivity contribution in [3.63, 3.8) is 0 Å². The fourth-order valence-corrected chi connectivity index (χ4v) is 1.02. The van der Waals surface area contributed by atoms with Crippen LogP contribution in [0.1, 0.15) is 27.2 Å². The summed E-state index contributed by atoms with van der Waals surface area (Å²) in [6.07, 6.45) is 7.79. The summed E-state index contributed by atoms with van der Waals surface area (Å²) in [4.78, 5) is 0. The van der Waals surface area contributed by atoms with E-state index in [0.29, 0.717) is 0 Å². The van der Waals surface area contributed by atoms with E-state index in [2.05, 4.69) is 39.0 Å². The molecule has 0 radical (unpaired) electrons. The zero-order chi connectivity index (χ0) is 7.56. The third kappa shape index (κ3) is 1.38. The number of rotatable bonds is 1. The van der Waals surface area contributed by atoms with Gasteiger partial charge in [0, 0.05) is 0 Å². The molecule has 54 valence electrons. The summed E-state index contributed by atoms with van der Waals surface area (Å²) < 4.78 is 0. The standard InChI is InChI=1S/C10H14/c1-4-9-5-6-10(7-9)8(2)3/h5-7H,4H2,1-3H3. The van der Waals surface area contributed by atoms with Crippen molar-refractivity contribution in [1.29, 1.82) is 0 Å². The molecule has 0 heteroatoms. The first kappa shape index (κ1) is 7.33. The van der Waals surface area contributed by atoms with Crippen LogP contribution < -0.4 is 0 Å². The molecule has 0 saturated heterocycles. The molecular weight excluding hydrogens is 120 g/mol. The van der Waals surface area contributed by atoms with E-state index < -0.39 is 0 Å². The van der Waals surface area contributed by atoms with Crippen LogP contribution in [-0.2, 0) is 0 Å². The van der Waals surface area contributed by atoms with Crippen molar-refractivity contribution in [3.05, 3.63) is 34.9 Å². The van der Waals surface area contributed by atoms with Crippen LogP contribution in [0.3, 0.4) is 0 Å². The molecule has 10 heavy (non-hydrogen) atoms. The lowest BCUT2D eigenvalue weighted by atomic mass is 10.1. The van der Waals surface area contributed by atoms with Gasteiger partial charge in [0.1, 0.15) is 0 Å². The first-order valence-corrected chi connectivity index (χ1v) is 3.80. The molecule has 0 unspecified atom stereocenters. The van der Waals surface area contributed by atoms with Gasteiger partial charge in [-0.15, -0.1) is 0 Å². The Morgan fingerprint density at radius 2 is 2.00 bits per heavy atom. The van der Waals surface area contributed by atoms with Crippen LogP contribution in [0.5, 0.6) is 0 Å². The van der Waals surface area contributed by atoms with Crippen LogP contribution in [0.15, 0.2) is 34.9 Å². The molecule has 0 aliphatic heterocycles. The van der Waals surface area contributed by atoms with Crippen molar-refractivity contribution in [2.24, 2.45) is 0 Å². The molecule has 1 aliphatic rings. The van der Waals surface area contributed by atoms with Gasteiger partial charge in [0.15, 0.2) is 0 Å². The topological polar surface area (TPSA) is 0 Å². The molecule has 1 rings (SSSR count). The van der Waals surface area contributed by atoms with Gasteiger partial charge in [0.05, 0.1) is 0 Å². The Bertz CT molecular complexity index is 210. The molecule has 0 spiro atoms. The molecule has 0 saturated carbocycles. The number of allylic oxidation sites excluding steroid dienone is 6. The minimum Gasteiger partial charge on any atom is -0.0692 e. The van der Waals surface area contributed by atoms with Crippen LogP contribution in [0, 0.1) is 0 Å². The van der Waals surface area contributed by atoms with Crippen molar-refractivity contribution in [2.45, 2.75) is 27.2 Å². The number of hydrogen-bond donors (Lipinski definition) is 0. The summed E-state index contributed by atoms with van der Waals surface area (Å²) in [5, 5.41) is 0. The Hall–Kier alpha value is -0.780. The Balaban J connectivity index is 2.85. The fraction of sp³-hybridized carbons (Fsp3) is 0.400. The van der Waals surface area contributed by atoms with Crippen LogP contribution in [0.25, 0.3) is 0 Å². The smallest absolute Gasteiger partial charge is 0.0267 e. The third-order valence-electron chi connectivity index (χ3n) is 1.80. The van der Waals surface area contributed by atoms with E-state index in [9.17, 15) is 0 Å². The van der Waals surface area contributed by atoms with Crippen molar-refractivity contribution < 1.29 is 0 Å². The zero-order valence-corrected chi connectivity index (χ0v) is 6.94. The van der Waals surface area contributed by atoms with Crippen molar-refractivity contribution in [3.8, 4) is 0 Å². The normalized spacial score (nSPS) is 15.9. The van der Waals surface area contributed by atoms with E-state index in [0.717, 1.165) is 6.42 Å². The highest BCUT2D eigenvalue weighted by Crippen LogP contribution is 2.19. The molecule has 0 amide bonds. The van der Waals surface area contributed by atoms with E-state index in [4.69, 9.17) is 0 Å². The molecule has 0 N–H and O–H groups in total. The number of hydrogen-bond acceptors (Lipinski definition) is 0. The van der Waals surface area contributed by atoms with E-state index in [-0.39, 0.29) is 0 Å². The van der Waals surface area contributed by atoms with Gasteiger partial charge in [0.2, 0.25) is 0 Å². The average molecular weight is 134 g/mol. The van der Waals surface area contributed by atoms with Crippen molar-refractivity contribution >= 4 is 0 Å². The second kappa shape index (κ2) is 2.87. The average Bonchev–Trinajstić information content (AvgIpc) is 2.34. The van der Waals surface area contributed by atoms with Gasteiger partial charge in [-0.2, -0.15) is 0 Å². The van der Waals surface area contributed by atoms with Gasteiger partial charge < -0.3 is 0 Å². The zero-order valence-electron chi connectivity index (χ0n) is 6.94. The maximum Gasteiger partial charge on any atom is -0.0267 e. The minimum absolute atomic E-state index is 1.15. The predicted molar refractivity (Wildman–Crippen MR) is 45.9 cm³/mol. The summed E-state index contributed by atoms with van der Waals surface area (Å²) in [5.74, 6) is 0. The summed E-state index contributed by atoms with van der Waals surface area (Å²) in [5.41, 5.74) is 4.23. The van der Waals surface area contributed by atoms with Gasteiger partial charge >= 0.3 is 0 Å². The van der Waals surface area contributed by atoms with Crippen molar-refractivity contribution in [1.82, 2.24) is 0 Å². The van der Waals surface area contributed by atoms with Gasteiger partial charge in [-0.1, -0.05) is 30.7 Å². The highest BCUT2D eigenvalue weighted by molar-refractivity contribution is 5.47. The quantitative estimate of drug-likeness (QED) is 0.516. The van der Waals surface area contributed by atoms with Crippen LogP contribution in [-0.4, -0.2) is 0 Å². The molecule has 1 aliphatic carbocycles. The second-order valence-electron chi connectivity index (χ2n) is 2.86. The molecular formula is C10H14. The molecule has 0 aromatic heterocycles. The summed E-state index contributed by atoms with van der Waals surface area (Å²) in [6, 6.07) is 0.